The fourth-order valence-corrected chi connectivity index (χ4v) is 1.90. The number of rotatable bonds is 8. The molecule has 0 saturated carbocycles. The van der Waals surface area contributed by atoms with Crippen LogP contribution in [0.2, 0.25) is 0 Å². The van der Waals surface area contributed by atoms with E-state index in [1.807, 2.05) is 13.8 Å². The summed E-state index contributed by atoms with van der Waals surface area (Å²) < 4.78 is 10.6. The lowest BCUT2D eigenvalue weighted by Gasteiger charge is -2.15. The highest BCUT2D eigenvalue weighted by molar-refractivity contribution is 5.55. The maximum absolute atomic E-state index is 11.1. The van der Waals surface area contributed by atoms with Crippen molar-refractivity contribution >= 4 is 5.69 Å². The van der Waals surface area contributed by atoms with Crippen LogP contribution < -0.4 is 9.47 Å². The number of methoxy groups -OCH3 is 1. The Labute approximate surface area is 118 Å². The third kappa shape index (κ3) is 3.84. The van der Waals surface area contributed by atoms with E-state index in [0.717, 1.165) is 12.8 Å². The van der Waals surface area contributed by atoms with E-state index in [0.29, 0.717) is 24.5 Å². The lowest BCUT2D eigenvalue weighted by atomic mass is 10.0. The Bertz CT molecular complexity index is 461. The van der Waals surface area contributed by atoms with Gasteiger partial charge < -0.3 is 14.6 Å². The number of nitrogens with zero attached hydrogens (tertiary/aromatic N) is 1. The predicted molar refractivity (Wildman–Crippen MR) is 75.3 cm³/mol. The molecule has 20 heavy (non-hydrogen) atoms. The summed E-state index contributed by atoms with van der Waals surface area (Å²) in [5.41, 5.74) is 0.121. The second-order valence-corrected chi connectivity index (χ2v) is 4.47. The molecule has 1 rings (SSSR count). The summed E-state index contributed by atoms with van der Waals surface area (Å²) in [5.74, 6) is 0.725. The summed E-state index contributed by atoms with van der Waals surface area (Å²) in [6.07, 6.45) is 1.12. The molecule has 0 aliphatic heterocycles. The third-order valence-corrected chi connectivity index (χ3v) is 2.89. The maximum atomic E-state index is 11.1. The van der Waals surface area contributed by atoms with Crippen LogP contribution in [0.5, 0.6) is 11.5 Å². The second kappa shape index (κ2) is 7.69. The van der Waals surface area contributed by atoms with Crippen molar-refractivity contribution in [1.29, 1.82) is 0 Å². The van der Waals surface area contributed by atoms with Crippen molar-refractivity contribution in [3.8, 4) is 11.5 Å². The SMILES string of the molecule is CCCOc1cc(C(O)CCC)c([N+](=O)[O-])cc1OC. The number of hydrogen-bond acceptors (Lipinski definition) is 5. The van der Waals surface area contributed by atoms with Crippen molar-refractivity contribution in [2.75, 3.05) is 13.7 Å². The van der Waals surface area contributed by atoms with Gasteiger partial charge in [-0.2, -0.15) is 0 Å². The first-order valence-electron chi connectivity index (χ1n) is 6.72. The predicted octanol–water partition coefficient (Wildman–Crippen LogP) is 3.23. The molecule has 1 unspecified atom stereocenters. The van der Waals surface area contributed by atoms with Gasteiger partial charge in [-0.05, 0) is 18.9 Å². The first-order chi connectivity index (χ1) is 9.54. The van der Waals surface area contributed by atoms with E-state index in [1.54, 1.807) is 0 Å². The van der Waals surface area contributed by atoms with E-state index < -0.39 is 11.0 Å². The van der Waals surface area contributed by atoms with Gasteiger partial charge in [0.25, 0.3) is 5.69 Å². The molecular formula is C14H21NO5. The van der Waals surface area contributed by atoms with Crippen LogP contribution in [0.15, 0.2) is 12.1 Å². The summed E-state index contributed by atoms with van der Waals surface area (Å²) in [7, 11) is 1.43. The zero-order valence-electron chi connectivity index (χ0n) is 12.1. The van der Waals surface area contributed by atoms with E-state index in [1.165, 1.54) is 19.2 Å². The van der Waals surface area contributed by atoms with Gasteiger partial charge in [-0.3, -0.25) is 10.1 Å². The molecule has 0 heterocycles. The molecule has 1 aromatic rings. The van der Waals surface area contributed by atoms with E-state index in [2.05, 4.69) is 0 Å². The van der Waals surface area contributed by atoms with E-state index in [4.69, 9.17) is 9.47 Å². The van der Waals surface area contributed by atoms with Crippen LogP contribution in [0.4, 0.5) is 5.69 Å². The van der Waals surface area contributed by atoms with Crippen molar-refractivity contribution < 1.29 is 19.5 Å². The van der Waals surface area contributed by atoms with Gasteiger partial charge in [-0.15, -0.1) is 0 Å². The Morgan fingerprint density at radius 2 is 2.00 bits per heavy atom. The quantitative estimate of drug-likeness (QED) is 0.585. The molecule has 1 aromatic carbocycles. The first-order valence-corrected chi connectivity index (χ1v) is 6.72. The lowest BCUT2D eigenvalue weighted by Crippen LogP contribution is -2.05. The van der Waals surface area contributed by atoms with Crippen LogP contribution in [-0.2, 0) is 0 Å². The number of ether oxygens (including phenoxy) is 2. The minimum Gasteiger partial charge on any atom is -0.493 e. The summed E-state index contributed by atoms with van der Waals surface area (Å²) in [6, 6.07) is 2.81. The van der Waals surface area contributed by atoms with Crippen LogP contribution in [-0.4, -0.2) is 23.7 Å². The van der Waals surface area contributed by atoms with Crippen molar-refractivity contribution in [3.05, 3.63) is 27.8 Å². The highest BCUT2D eigenvalue weighted by Crippen LogP contribution is 2.38. The van der Waals surface area contributed by atoms with Crippen LogP contribution in [0.25, 0.3) is 0 Å². The fourth-order valence-electron chi connectivity index (χ4n) is 1.90. The molecule has 6 heteroatoms. The molecule has 6 nitrogen and oxygen atoms in total. The molecule has 112 valence electrons. The van der Waals surface area contributed by atoms with Gasteiger partial charge in [0.1, 0.15) is 0 Å². The number of hydrogen-bond donors (Lipinski definition) is 1. The molecule has 0 aromatic heterocycles. The molecule has 0 spiro atoms. The van der Waals surface area contributed by atoms with Gasteiger partial charge >= 0.3 is 0 Å². The Balaban J connectivity index is 3.26. The molecule has 1 N–H and O–H groups in total. The Morgan fingerprint density at radius 1 is 1.30 bits per heavy atom. The molecule has 0 saturated heterocycles. The molecule has 0 radical (unpaired) electrons. The smallest absolute Gasteiger partial charge is 0.279 e. The number of nitro benzene ring substituents is 1. The van der Waals surface area contributed by atoms with E-state index >= 15 is 0 Å². The van der Waals surface area contributed by atoms with Crippen molar-refractivity contribution in [1.82, 2.24) is 0 Å². The summed E-state index contributed by atoms with van der Waals surface area (Å²) in [4.78, 5) is 10.6. The van der Waals surface area contributed by atoms with Crippen molar-refractivity contribution in [3.63, 3.8) is 0 Å². The summed E-state index contributed by atoms with van der Waals surface area (Å²) >= 11 is 0. The minimum absolute atomic E-state index is 0.147. The number of aliphatic hydroxyl groups is 1. The molecule has 1 atom stereocenters. The third-order valence-electron chi connectivity index (χ3n) is 2.89. The van der Waals surface area contributed by atoms with E-state index in [9.17, 15) is 15.2 Å². The highest BCUT2D eigenvalue weighted by Gasteiger charge is 2.24. The lowest BCUT2D eigenvalue weighted by molar-refractivity contribution is -0.386. The molecule has 0 bridgehead atoms. The van der Waals surface area contributed by atoms with Gasteiger partial charge in [0.05, 0.1) is 36.4 Å². The topological polar surface area (TPSA) is 81.8 Å². The first kappa shape index (κ1) is 16.2. The Hall–Kier alpha value is -1.82. The second-order valence-electron chi connectivity index (χ2n) is 4.47. The molecule has 0 amide bonds. The molecule has 0 aliphatic carbocycles. The summed E-state index contributed by atoms with van der Waals surface area (Å²) in [5, 5.41) is 21.2. The molecular weight excluding hydrogens is 262 g/mol. The van der Waals surface area contributed by atoms with Crippen LogP contribution in [0.1, 0.15) is 44.8 Å². The van der Waals surface area contributed by atoms with Gasteiger partial charge in [0.15, 0.2) is 11.5 Å². The molecule has 0 fully saturated rings. The number of benzene rings is 1. The Morgan fingerprint density at radius 3 is 2.50 bits per heavy atom. The van der Waals surface area contributed by atoms with Gasteiger partial charge in [0.2, 0.25) is 0 Å². The van der Waals surface area contributed by atoms with Crippen LogP contribution in [0.3, 0.4) is 0 Å². The standard InChI is InChI=1S/C14H21NO5/c1-4-6-12(16)10-8-14(20-7-5-2)13(19-3)9-11(10)15(17)18/h8-9,12,16H,4-7H2,1-3H3. The fraction of sp³-hybridized carbons (Fsp3) is 0.571. The van der Waals surface area contributed by atoms with Crippen LogP contribution in [0, 0.1) is 10.1 Å². The normalized spacial score (nSPS) is 12.0. The average Bonchev–Trinajstić information content (AvgIpc) is 2.44. The summed E-state index contributed by atoms with van der Waals surface area (Å²) in [6.45, 7) is 4.36. The van der Waals surface area contributed by atoms with Crippen molar-refractivity contribution in [2.45, 2.75) is 39.2 Å². The largest absolute Gasteiger partial charge is 0.493 e. The van der Waals surface area contributed by atoms with Gasteiger partial charge in [0, 0.05) is 0 Å². The van der Waals surface area contributed by atoms with Gasteiger partial charge in [-0.1, -0.05) is 20.3 Å². The van der Waals surface area contributed by atoms with Gasteiger partial charge in [-0.25, -0.2) is 0 Å². The minimum atomic E-state index is -0.879. The monoisotopic (exact) mass is 283 g/mol. The Kier molecular flexibility index (Phi) is 6.24. The molecule has 0 aliphatic rings. The van der Waals surface area contributed by atoms with E-state index in [-0.39, 0.29) is 11.3 Å². The zero-order chi connectivity index (χ0) is 15.1. The van der Waals surface area contributed by atoms with Crippen LogP contribution >= 0.6 is 0 Å². The highest BCUT2D eigenvalue weighted by atomic mass is 16.6. The maximum Gasteiger partial charge on any atom is 0.279 e. The zero-order valence-corrected chi connectivity index (χ0v) is 12.1. The number of nitro groups is 1. The average molecular weight is 283 g/mol. The number of aliphatic hydroxyl groups excluding tert-OH is 1. The van der Waals surface area contributed by atoms with Crippen molar-refractivity contribution in [2.24, 2.45) is 0 Å².